The summed E-state index contributed by atoms with van der Waals surface area (Å²) in [5.41, 5.74) is 0.822. The molecule has 1 atom stereocenters. The number of ether oxygens (including phenoxy) is 1. The predicted molar refractivity (Wildman–Crippen MR) is 76.9 cm³/mol. The Hall–Kier alpha value is -1.99. The van der Waals surface area contributed by atoms with Crippen LogP contribution in [0.3, 0.4) is 0 Å². The molecule has 0 bridgehead atoms. The van der Waals surface area contributed by atoms with Crippen LogP contribution in [0.1, 0.15) is 12.2 Å². The van der Waals surface area contributed by atoms with Crippen molar-refractivity contribution in [3.8, 4) is 0 Å². The highest BCUT2D eigenvalue weighted by Crippen LogP contribution is 2.03. The first-order chi connectivity index (χ1) is 10.3. The van der Waals surface area contributed by atoms with Gasteiger partial charge in [0.2, 0.25) is 5.91 Å². The molecule has 3 rings (SSSR count). The smallest absolute Gasteiger partial charge is 0.221 e. The second kappa shape index (κ2) is 6.64. The molecule has 21 heavy (non-hydrogen) atoms. The zero-order valence-corrected chi connectivity index (χ0v) is 11.8. The first-order valence-corrected chi connectivity index (χ1v) is 7.19. The summed E-state index contributed by atoms with van der Waals surface area (Å²) >= 11 is 0. The Morgan fingerprint density at radius 1 is 1.48 bits per heavy atom. The van der Waals surface area contributed by atoms with Crippen molar-refractivity contribution in [2.75, 3.05) is 26.3 Å². The molecular weight excluding hydrogens is 270 g/mol. The summed E-state index contributed by atoms with van der Waals surface area (Å²) in [4.78, 5) is 11.9. The van der Waals surface area contributed by atoms with Crippen LogP contribution < -0.4 is 10.6 Å². The van der Waals surface area contributed by atoms with Crippen LogP contribution in [0.5, 0.6) is 0 Å². The van der Waals surface area contributed by atoms with Gasteiger partial charge in [0.15, 0.2) is 5.65 Å². The third-order valence-corrected chi connectivity index (χ3v) is 3.49. The summed E-state index contributed by atoms with van der Waals surface area (Å²) in [5.74, 6) is 0.886. The van der Waals surface area contributed by atoms with Gasteiger partial charge in [-0.3, -0.25) is 9.20 Å². The van der Waals surface area contributed by atoms with Crippen molar-refractivity contribution >= 4 is 11.6 Å². The molecule has 1 unspecified atom stereocenters. The summed E-state index contributed by atoms with van der Waals surface area (Å²) in [6, 6.07) is 5.89. The van der Waals surface area contributed by atoms with Gasteiger partial charge in [-0.25, -0.2) is 0 Å². The number of nitrogens with zero attached hydrogens (tertiary/aromatic N) is 3. The van der Waals surface area contributed by atoms with Crippen molar-refractivity contribution in [2.24, 2.45) is 0 Å². The minimum Gasteiger partial charge on any atom is -0.378 e. The molecule has 3 heterocycles. The lowest BCUT2D eigenvalue weighted by molar-refractivity contribution is -0.122. The molecule has 0 radical (unpaired) electrons. The summed E-state index contributed by atoms with van der Waals surface area (Å²) in [7, 11) is 0. The number of pyridine rings is 1. The van der Waals surface area contributed by atoms with E-state index in [1.54, 1.807) is 0 Å². The Balaban J connectivity index is 1.46. The third-order valence-electron chi connectivity index (χ3n) is 3.49. The SMILES string of the molecule is O=C(CC1COCCN1)NCCc1nnc2ccccn12. The van der Waals surface area contributed by atoms with Crippen molar-refractivity contribution in [2.45, 2.75) is 18.9 Å². The number of nitrogens with one attached hydrogen (secondary N) is 2. The molecule has 0 aliphatic carbocycles. The molecular formula is C14H19N5O2. The number of amides is 1. The van der Waals surface area contributed by atoms with Gasteiger partial charge in [0.25, 0.3) is 0 Å². The van der Waals surface area contributed by atoms with Crippen molar-refractivity contribution in [1.29, 1.82) is 0 Å². The van der Waals surface area contributed by atoms with Crippen molar-refractivity contribution in [1.82, 2.24) is 25.2 Å². The number of hydrogen-bond acceptors (Lipinski definition) is 5. The van der Waals surface area contributed by atoms with Crippen molar-refractivity contribution in [3.63, 3.8) is 0 Å². The van der Waals surface area contributed by atoms with Gasteiger partial charge in [0, 0.05) is 38.2 Å². The van der Waals surface area contributed by atoms with E-state index in [2.05, 4.69) is 20.8 Å². The van der Waals surface area contributed by atoms with E-state index in [-0.39, 0.29) is 11.9 Å². The summed E-state index contributed by atoms with van der Waals surface area (Å²) in [6.07, 6.45) is 3.03. The molecule has 1 saturated heterocycles. The highest BCUT2D eigenvalue weighted by atomic mass is 16.5. The second-order valence-corrected chi connectivity index (χ2v) is 5.08. The van der Waals surface area contributed by atoms with E-state index in [1.807, 2.05) is 28.8 Å². The van der Waals surface area contributed by atoms with Crippen LogP contribution in [-0.2, 0) is 16.0 Å². The minimum atomic E-state index is 0.0341. The van der Waals surface area contributed by atoms with Crippen molar-refractivity contribution in [3.05, 3.63) is 30.2 Å². The molecule has 1 aliphatic heterocycles. The van der Waals surface area contributed by atoms with Crippen LogP contribution in [0.2, 0.25) is 0 Å². The fourth-order valence-electron chi connectivity index (χ4n) is 2.42. The third kappa shape index (κ3) is 3.56. The maximum atomic E-state index is 11.9. The molecule has 112 valence electrons. The highest BCUT2D eigenvalue weighted by molar-refractivity contribution is 5.76. The maximum absolute atomic E-state index is 11.9. The van der Waals surface area contributed by atoms with Crippen molar-refractivity contribution < 1.29 is 9.53 Å². The van der Waals surface area contributed by atoms with Gasteiger partial charge in [-0.1, -0.05) is 6.07 Å². The van der Waals surface area contributed by atoms with Crippen LogP contribution in [0, 0.1) is 0 Å². The standard InChI is InChI=1S/C14H19N5O2/c20-14(9-11-10-21-8-6-15-11)16-5-4-13-18-17-12-3-1-2-7-19(12)13/h1-3,7,11,15H,4-6,8-10H2,(H,16,20). The Kier molecular flexibility index (Phi) is 4.42. The molecule has 0 saturated carbocycles. The Labute approximate surface area is 122 Å². The molecule has 0 aromatic carbocycles. The summed E-state index contributed by atoms with van der Waals surface area (Å²) in [6.45, 7) is 2.69. The van der Waals surface area contributed by atoms with Crippen LogP contribution in [-0.4, -0.2) is 52.9 Å². The monoisotopic (exact) mass is 289 g/mol. The van der Waals surface area contributed by atoms with Gasteiger partial charge in [0.05, 0.1) is 13.2 Å². The number of fused-ring (bicyclic) bond motifs is 1. The normalized spacial score (nSPS) is 18.8. The van der Waals surface area contributed by atoms with E-state index < -0.39 is 0 Å². The van der Waals surface area contributed by atoms with Gasteiger partial charge in [-0.15, -0.1) is 10.2 Å². The van der Waals surface area contributed by atoms with Gasteiger partial charge in [-0.05, 0) is 12.1 Å². The molecule has 7 heteroatoms. The van der Waals surface area contributed by atoms with E-state index >= 15 is 0 Å². The second-order valence-electron chi connectivity index (χ2n) is 5.08. The van der Waals surface area contributed by atoms with Gasteiger partial charge >= 0.3 is 0 Å². The molecule has 1 aliphatic rings. The van der Waals surface area contributed by atoms with Gasteiger partial charge in [0.1, 0.15) is 5.82 Å². The molecule has 7 nitrogen and oxygen atoms in total. The molecule has 1 fully saturated rings. The van der Waals surface area contributed by atoms with Crippen LogP contribution in [0.15, 0.2) is 24.4 Å². The first kappa shape index (κ1) is 14.0. The number of hydrogen-bond donors (Lipinski definition) is 2. The van der Waals surface area contributed by atoms with E-state index in [0.717, 1.165) is 24.6 Å². The number of aromatic nitrogens is 3. The van der Waals surface area contributed by atoms with Gasteiger partial charge < -0.3 is 15.4 Å². The number of rotatable bonds is 5. The van der Waals surface area contributed by atoms with E-state index in [1.165, 1.54) is 0 Å². The fourth-order valence-corrected chi connectivity index (χ4v) is 2.42. The minimum absolute atomic E-state index is 0.0341. The summed E-state index contributed by atoms with van der Waals surface area (Å²) < 4.78 is 7.26. The molecule has 0 spiro atoms. The topological polar surface area (TPSA) is 80.5 Å². The van der Waals surface area contributed by atoms with E-state index in [9.17, 15) is 4.79 Å². The summed E-state index contributed by atoms with van der Waals surface area (Å²) in [5, 5.41) is 14.4. The lowest BCUT2D eigenvalue weighted by Crippen LogP contribution is -2.44. The van der Waals surface area contributed by atoms with Crippen LogP contribution >= 0.6 is 0 Å². The zero-order valence-electron chi connectivity index (χ0n) is 11.8. The zero-order chi connectivity index (χ0) is 14.5. The molecule has 2 N–H and O–H groups in total. The van der Waals surface area contributed by atoms with Crippen LogP contribution in [0.25, 0.3) is 5.65 Å². The Bertz CT molecular complexity index is 606. The van der Waals surface area contributed by atoms with E-state index in [4.69, 9.17) is 4.74 Å². The quantitative estimate of drug-likeness (QED) is 0.794. The first-order valence-electron chi connectivity index (χ1n) is 7.19. The molecule has 2 aromatic heterocycles. The number of morpholine rings is 1. The molecule has 1 amide bonds. The lowest BCUT2D eigenvalue weighted by atomic mass is 10.2. The average Bonchev–Trinajstić information content (AvgIpc) is 2.92. The largest absolute Gasteiger partial charge is 0.378 e. The average molecular weight is 289 g/mol. The highest BCUT2D eigenvalue weighted by Gasteiger charge is 2.16. The number of carbonyl (C=O) groups is 1. The predicted octanol–water partition coefficient (Wildman–Crippen LogP) is -0.233. The van der Waals surface area contributed by atoms with Crippen LogP contribution in [0.4, 0.5) is 0 Å². The Morgan fingerprint density at radius 2 is 2.43 bits per heavy atom. The fraction of sp³-hybridized carbons (Fsp3) is 0.500. The lowest BCUT2D eigenvalue weighted by Gasteiger charge is -2.23. The number of carbonyl (C=O) groups excluding carboxylic acids is 1. The van der Waals surface area contributed by atoms with E-state index in [0.29, 0.717) is 26.0 Å². The Morgan fingerprint density at radius 3 is 3.29 bits per heavy atom. The molecule has 2 aromatic rings. The maximum Gasteiger partial charge on any atom is 0.221 e. The van der Waals surface area contributed by atoms with Gasteiger partial charge in [-0.2, -0.15) is 0 Å².